The van der Waals surface area contributed by atoms with Crippen molar-refractivity contribution in [2.75, 3.05) is 11.5 Å². The van der Waals surface area contributed by atoms with E-state index in [9.17, 15) is 5.11 Å². The van der Waals surface area contributed by atoms with Crippen LogP contribution in [-0.2, 0) is 6.42 Å². The van der Waals surface area contributed by atoms with E-state index in [1.54, 1.807) is 11.8 Å². The van der Waals surface area contributed by atoms with Gasteiger partial charge in [-0.2, -0.15) is 16.7 Å². The average molecular weight is 290 g/mol. The molecule has 3 atom stereocenters. The maximum absolute atomic E-state index is 9.88. The van der Waals surface area contributed by atoms with Crippen LogP contribution in [0, 0.1) is 0 Å². The highest BCUT2D eigenvalue weighted by Gasteiger charge is 2.34. The highest BCUT2D eigenvalue weighted by molar-refractivity contribution is 7.99. The topological polar surface area (TPSA) is 68.4 Å². The molecule has 5 nitrogen and oxygen atoms in total. The largest absolute Gasteiger partial charge is 0.482 e. The van der Waals surface area contributed by atoms with Crippen molar-refractivity contribution in [3.05, 3.63) is 41.5 Å². The standard InChI is InChI=1S/C14H14N2O3S/c17-10-7-20-6-9(10)14-15-13(16-19-14)12-5-8-3-1-2-4-11(8)18-12/h1-4,9-10,12,17H,5-7H2. The number of aliphatic hydroxyl groups excluding tert-OH is 1. The van der Waals surface area contributed by atoms with Crippen LogP contribution in [0.25, 0.3) is 0 Å². The molecule has 0 aliphatic carbocycles. The summed E-state index contributed by atoms with van der Waals surface area (Å²) < 4.78 is 11.2. The Morgan fingerprint density at radius 3 is 2.95 bits per heavy atom. The van der Waals surface area contributed by atoms with E-state index in [4.69, 9.17) is 9.26 Å². The second kappa shape index (κ2) is 4.79. The van der Waals surface area contributed by atoms with Crippen molar-refractivity contribution < 1.29 is 14.4 Å². The maximum Gasteiger partial charge on any atom is 0.233 e. The van der Waals surface area contributed by atoms with E-state index in [0.717, 1.165) is 23.7 Å². The van der Waals surface area contributed by atoms with Gasteiger partial charge in [-0.15, -0.1) is 0 Å². The molecule has 1 aromatic heterocycles. The summed E-state index contributed by atoms with van der Waals surface area (Å²) in [6.07, 6.45) is 0.183. The molecule has 104 valence electrons. The molecule has 0 bridgehead atoms. The number of rotatable bonds is 2. The van der Waals surface area contributed by atoms with Crippen molar-refractivity contribution in [3.63, 3.8) is 0 Å². The van der Waals surface area contributed by atoms with Crippen LogP contribution in [0.15, 0.2) is 28.8 Å². The lowest BCUT2D eigenvalue weighted by Crippen LogP contribution is -2.16. The summed E-state index contributed by atoms with van der Waals surface area (Å²) in [6.45, 7) is 0. The van der Waals surface area contributed by atoms with Crippen LogP contribution in [0.3, 0.4) is 0 Å². The first-order valence-corrected chi connectivity index (χ1v) is 7.80. The third-order valence-electron chi connectivity index (χ3n) is 3.76. The maximum atomic E-state index is 9.88. The Kier molecular flexibility index (Phi) is 2.93. The lowest BCUT2D eigenvalue weighted by molar-refractivity contribution is 0.164. The van der Waals surface area contributed by atoms with E-state index in [-0.39, 0.29) is 12.0 Å². The molecule has 3 heterocycles. The normalized spacial score (nSPS) is 28.4. The zero-order valence-electron chi connectivity index (χ0n) is 10.7. The predicted octanol–water partition coefficient (Wildman–Crippen LogP) is 1.94. The first-order chi connectivity index (χ1) is 9.81. The molecule has 2 aromatic rings. The van der Waals surface area contributed by atoms with Crippen molar-refractivity contribution in [3.8, 4) is 5.75 Å². The van der Waals surface area contributed by atoms with E-state index in [2.05, 4.69) is 10.1 Å². The quantitative estimate of drug-likeness (QED) is 0.911. The molecule has 3 unspecified atom stereocenters. The van der Waals surface area contributed by atoms with Crippen molar-refractivity contribution in [1.29, 1.82) is 0 Å². The minimum Gasteiger partial charge on any atom is -0.482 e. The van der Waals surface area contributed by atoms with Gasteiger partial charge >= 0.3 is 0 Å². The molecular weight excluding hydrogens is 276 g/mol. The van der Waals surface area contributed by atoms with Gasteiger partial charge in [-0.1, -0.05) is 23.4 Å². The lowest BCUT2D eigenvalue weighted by atomic mass is 10.1. The fourth-order valence-electron chi connectivity index (χ4n) is 2.63. The Balaban J connectivity index is 1.55. The zero-order chi connectivity index (χ0) is 13.5. The van der Waals surface area contributed by atoms with Gasteiger partial charge in [-0.05, 0) is 11.6 Å². The Labute approximate surface area is 120 Å². The fraction of sp³-hybridized carbons (Fsp3) is 0.429. The number of aliphatic hydroxyl groups is 1. The van der Waals surface area contributed by atoms with Gasteiger partial charge in [0, 0.05) is 17.9 Å². The Morgan fingerprint density at radius 1 is 1.25 bits per heavy atom. The molecule has 1 N–H and O–H groups in total. The summed E-state index contributed by atoms with van der Waals surface area (Å²) in [7, 11) is 0. The van der Waals surface area contributed by atoms with Gasteiger partial charge in [0.2, 0.25) is 11.7 Å². The molecule has 0 spiro atoms. The highest BCUT2D eigenvalue weighted by Crippen LogP contribution is 2.37. The van der Waals surface area contributed by atoms with E-state index >= 15 is 0 Å². The van der Waals surface area contributed by atoms with Crippen LogP contribution in [0.2, 0.25) is 0 Å². The monoisotopic (exact) mass is 290 g/mol. The molecule has 2 aliphatic rings. The van der Waals surface area contributed by atoms with E-state index in [1.807, 2.05) is 24.3 Å². The van der Waals surface area contributed by atoms with Gasteiger partial charge in [-0.25, -0.2) is 0 Å². The molecule has 4 rings (SSSR count). The molecule has 0 amide bonds. The number of thioether (sulfide) groups is 1. The number of hydrogen-bond donors (Lipinski definition) is 1. The van der Waals surface area contributed by atoms with Crippen molar-refractivity contribution in [1.82, 2.24) is 10.1 Å². The van der Waals surface area contributed by atoms with Gasteiger partial charge in [0.15, 0.2) is 6.10 Å². The average Bonchev–Trinajstić information content (AvgIpc) is 3.15. The van der Waals surface area contributed by atoms with E-state index in [1.165, 1.54) is 5.56 Å². The van der Waals surface area contributed by atoms with Gasteiger partial charge in [-0.3, -0.25) is 0 Å². The number of benzene rings is 1. The highest BCUT2D eigenvalue weighted by atomic mass is 32.2. The number of ether oxygens (including phenoxy) is 1. The number of nitrogens with zero attached hydrogens (tertiary/aromatic N) is 2. The summed E-state index contributed by atoms with van der Waals surface area (Å²) >= 11 is 1.71. The second-order valence-corrected chi connectivity index (χ2v) is 6.20. The summed E-state index contributed by atoms with van der Waals surface area (Å²) in [4.78, 5) is 4.43. The second-order valence-electron chi connectivity index (χ2n) is 5.12. The van der Waals surface area contributed by atoms with Gasteiger partial charge in [0.25, 0.3) is 0 Å². The van der Waals surface area contributed by atoms with E-state index in [0.29, 0.717) is 11.7 Å². The predicted molar refractivity (Wildman–Crippen MR) is 73.9 cm³/mol. The Bertz CT molecular complexity index is 605. The molecule has 1 aromatic carbocycles. The van der Waals surface area contributed by atoms with Crippen molar-refractivity contribution >= 4 is 11.8 Å². The summed E-state index contributed by atoms with van der Waals surface area (Å²) in [6, 6.07) is 7.95. The van der Waals surface area contributed by atoms with Crippen molar-refractivity contribution in [2.24, 2.45) is 0 Å². The van der Waals surface area contributed by atoms with Crippen LogP contribution >= 0.6 is 11.8 Å². The fourth-order valence-corrected chi connectivity index (χ4v) is 3.86. The van der Waals surface area contributed by atoms with Crippen LogP contribution in [0.4, 0.5) is 0 Å². The SMILES string of the molecule is OC1CSCC1c1nc(C2Cc3ccccc3O2)no1. The molecule has 20 heavy (non-hydrogen) atoms. The number of para-hydroxylation sites is 1. The molecule has 1 saturated heterocycles. The summed E-state index contributed by atoms with van der Waals surface area (Å²) in [5.41, 5.74) is 1.17. The molecule has 1 fully saturated rings. The first kappa shape index (κ1) is 12.2. The summed E-state index contributed by atoms with van der Waals surface area (Å²) in [5, 5.41) is 13.9. The Hall–Kier alpha value is -1.53. The van der Waals surface area contributed by atoms with Crippen LogP contribution in [0.5, 0.6) is 5.75 Å². The molecule has 2 aliphatic heterocycles. The number of hydrogen-bond acceptors (Lipinski definition) is 6. The van der Waals surface area contributed by atoms with Gasteiger partial charge in [0.1, 0.15) is 5.75 Å². The third-order valence-corrected chi connectivity index (χ3v) is 4.93. The van der Waals surface area contributed by atoms with Crippen LogP contribution < -0.4 is 4.74 Å². The minimum atomic E-state index is -0.394. The Morgan fingerprint density at radius 2 is 2.15 bits per heavy atom. The molecule has 0 radical (unpaired) electrons. The zero-order valence-corrected chi connectivity index (χ0v) is 11.5. The van der Waals surface area contributed by atoms with Crippen LogP contribution in [-0.4, -0.2) is 32.9 Å². The van der Waals surface area contributed by atoms with Crippen LogP contribution in [0.1, 0.15) is 29.3 Å². The van der Waals surface area contributed by atoms with Gasteiger partial charge in [0.05, 0.1) is 12.0 Å². The first-order valence-electron chi connectivity index (χ1n) is 6.65. The molecule has 6 heteroatoms. The lowest BCUT2D eigenvalue weighted by Gasteiger charge is -2.07. The minimum absolute atomic E-state index is 0.0509. The molecule has 0 saturated carbocycles. The third kappa shape index (κ3) is 1.99. The number of fused-ring (bicyclic) bond motifs is 1. The van der Waals surface area contributed by atoms with Gasteiger partial charge < -0.3 is 14.4 Å². The molecular formula is C14H14N2O3S. The smallest absolute Gasteiger partial charge is 0.233 e. The van der Waals surface area contributed by atoms with E-state index < -0.39 is 6.10 Å². The summed E-state index contributed by atoms with van der Waals surface area (Å²) in [5.74, 6) is 3.49. The van der Waals surface area contributed by atoms with Crippen molar-refractivity contribution in [2.45, 2.75) is 24.5 Å². The number of aromatic nitrogens is 2.